The zero-order chi connectivity index (χ0) is 13.6. The first kappa shape index (κ1) is 17.4. The van der Waals surface area contributed by atoms with Crippen LogP contribution in [0.5, 0.6) is 0 Å². The van der Waals surface area contributed by atoms with E-state index in [4.69, 9.17) is 15.2 Å². The smallest absolute Gasteiger partial charge is 0.304 e. The van der Waals surface area contributed by atoms with Gasteiger partial charge in [0, 0.05) is 20.0 Å². The molecule has 108 valence electrons. The molecule has 4 nitrogen and oxygen atoms in total. The van der Waals surface area contributed by atoms with E-state index in [-0.39, 0.29) is 5.97 Å². The van der Waals surface area contributed by atoms with Crippen LogP contribution in [-0.4, -0.2) is 25.4 Å². The summed E-state index contributed by atoms with van der Waals surface area (Å²) in [5.41, 5.74) is 5.56. The van der Waals surface area contributed by atoms with Crippen LogP contribution in [0, 0.1) is 0 Å². The molecule has 18 heavy (non-hydrogen) atoms. The lowest BCUT2D eigenvalue weighted by Crippen LogP contribution is -2.27. The maximum Gasteiger partial charge on any atom is 0.304 e. The van der Waals surface area contributed by atoms with E-state index in [1.165, 1.54) is 45.4 Å². The summed E-state index contributed by atoms with van der Waals surface area (Å²) >= 11 is 0. The Morgan fingerprint density at radius 2 is 1.67 bits per heavy atom. The molecule has 0 saturated heterocycles. The summed E-state index contributed by atoms with van der Waals surface area (Å²) in [6, 6.07) is 0. The largest absolute Gasteiger partial charge is 0.447 e. The molecule has 0 aromatic rings. The van der Waals surface area contributed by atoms with Gasteiger partial charge in [0.15, 0.2) is 6.23 Å². The Morgan fingerprint density at radius 3 is 2.28 bits per heavy atom. The molecule has 0 aliphatic rings. The van der Waals surface area contributed by atoms with Crippen LogP contribution in [0.2, 0.25) is 0 Å². The van der Waals surface area contributed by atoms with E-state index >= 15 is 0 Å². The van der Waals surface area contributed by atoms with E-state index in [1.54, 1.807) is 0 Å². The minimum Gasteiger partial charge on any atom is -0.447 e. The Balaban J connectivity index is 3.09. The van der Waals surface area contributed by atoms with Gasteiger partial charge in [-0.3, -0.25) is 10.5 Å². The van der Waals surface area contributed by atoms with Crippen molar-refractivity contribution in [3.8, 4) is 0 Å². The van der Waals surface area contributed by atoms with Crippen LogP contribution in [0.1, 0.15) is 65.2 Å². The maximum atomic E-state index is 10.6. The number of esters is 1. The first-order valence-corrected chi connectivity index (χ1v) is 7.17. The summed E-state index contributed by atoms with van der Waals surface area (Å²) < 4.78 is 10.2. The highest BCUT2D eigenvalue weighted by atomic mass is 16.6. The molecular formula is C14H29NO3. The zero-order valence-corrected chi connectivity index (χ0v) is 12.0. The number of hydrogen-bond donors (Lipinski definition) is 1. The van der Waals surface area contributed by atoms with Crippen LogP contribution < -0.4 is 5.73 Å². The molecule has 0 radical (unpaired) electrons. The van der Waals surface area contributed by atoms with E-state index in [0.29, 0.717) is 13.0 Å². The minimum atomic E-state index is -0.531. The van der Waals surface area contributed by atoms with Crippen LogP contribution in [0.3, 0.4) is 0 Å². The van der Waals surface area contributed by atoms with Gasteiger partial charge in [-0.2, -0.15) is 0 Å². The lowest BCUT2D eigenvalue weighted by molar-refractivity contribution is -0.146. The molecule has 0 aliphatic heterocycles. The standard InChI is InChI=1S/C14H29NO3/c1-3-4-5-6-7-8-9-11-17-12-10-14(15)18-13(2)16/h14H,3-12,15H2,1-2H3. The molecule has 1 atom stereocenters. The summed E-state index contributed by atoms with van der Waals surface area (Å²) in [5.74, 6) is -0.338. The van der Waals surface area contributed by atoms with Crippen molar-refractivity contribution >= 4 is 5.97 Å². The number of rotatable bonds is 12. The van der Waals surface area contributed by atoms with Crippen molar-refractivity contribution in [2.24, 2.45) is 5.73 Å². The molecule has 2 N–H and O–H groups in total. The fraction of sp³-hybridized carbons (Fsp3) is 0.929. The van der Waals surface area contributed by atoms with Crippen molar-refractivity contribution in [1.29, 1.82) is 0 Å². The summed E-state index contributed by atoms with van der Waals surface area (Å²) in [5, 5.41) is 0. The highest BCUT2D eigenvalue weighted by Crippen LogP contribution is 2.06. The normalized spacial score (nSPS) is 12.4. The Bertz CT molecular complexity index is 197. The van der Waals surface area contributed by atoms with Crippen LogP contribution in [0.15, 0.2) is 0 Å². The highest BCUT2D eigenvalue weighted by Gasteiger charge is 2.04. The predicted octanol–water partition coefficient (Wildman–Crippen LogP) is 2.99. The Kier molecular flexibility index (Phi) is 12.4. The molecule has 0 bridgehead atoms. The third-order valence-corrected chi connectivity index (χ3v) is 2.76. The van der Waals surface area contributed by atoms with E-state index in [1.807, 2.05) is 0 Å². The van der Waals surface area contributed by atoms with Gasteiger partial charge < -0.3 is 9.47 Å². The topological polar surface area (TPSA) is 61.6 Å². The van der Waals surface area contributed by atoms with Gasteiger partial charge in [0.2, 0.25) is 0 Å². The molecule has 4 heteroatoms. The zero-order valence-electron chi connectivity index (χ0n) is 12.0. The van der Waals surface area contributed by atoms with Crippen molar-refractivity contribution < 1.29 is 14.3 Å². The van der Waals surface area contributed by atoms with Gasteiger partial charge in [0.25, 0.3) is 0 Å². The lowest BCUT2D eigenvalue weighted by Gasteiger charge is -2.11. The average Bonchev–Trinajstić information content (AvgIpc) is 2.30. The molecule has 0 saturated carbocycles. The lowest BCUT2D eigenvalue weighted by atomic mass is 10.1. The molecule has 0 aliphatic carbocycles. The second kappa shape index (κ2) is 12.8. The number of nitrogens with two attached hydrogens (primary N) is 1. The number of unbranched alkanes of at least 4 members (excludes halogenated alkanes) is 6. The molecule has 0 fully saturated rings. The number of carbonyl (C=O) groups excluding carboxylic acids is 1. The van der Waals surface area contributed by atoms with Gasteiger partial charge in [-0.25, -0.2) is 0 Å². The summed E-state index contributed by atoms with van der Waals surface area (Å²) in [6.07, 6.45) is 9.02. The van der Waals surface area contributed by atoms with Gasteiger partial charge in [-0.15, -0.1) is 0 Å². The van der Waals surface area contributed by atoms with E-state index < -0.39 is 6.23 Å². The highest BCUT2D eigenvalue weighted by molar-refractivity contribution is 5.66. The molecule has 0 rings (SSSR count). The Hall–Kier alpha value is -0.610. The van der Waals surface area contributed by atoms with Gasteiger partial charge in [0.1, 0.15) is 0 Å². The molecule has 1 unspecified atom stereocenters. The third-order valence-electron chi connectivity index (χ3n) is 2.76. The molecule has 0 amide bonds. The van der Waals surface area contributed by atoms with Crippen molar-refractivity contribution in [3.63, 3.8) is 0 Å². The van der Waals surface area contributed by atoms with E-state index in [9.17, 15) is 4.79 Å². The van der Waals surface area contributed by atoms with Crippen LogP contribution in [0.25, 0.3) is 0 Å². The molecular weight excluding hydrogens is 230 g/mol. The van der Waals surface area contributed by atoms with Crippen LogP contribution >= 0.6 is 0 Å². The Morgan fingerprint density at radius 1 is 1.06 bits per heavy atom. The van der Waals surface area contributed by atoms with Crippen LogP contribution in [-0.2, 0) is 14.3 Å². The first-order chi connectivity index (χ1) is 8.66. The summed E-state index contributed by atoms with van der Waals surface area (Å²) in [4.78, 5) is 10.6. The van der Waals surface area contributed by atoms with Crippen molar-refractivity contribution in [3.05, 3.63) is 0 Å². The van der Waals surface area contributed by atoms with Crippen molar-refractivity contribution in [2.45, 2.75) is 71.4 Å². The molecule has 0 spiro atoms. The summed E-state index contributed by atoms with van der Waals surface area (Å²) in [6.45, 7) is 4.93. The van der Waals surface area contributed by atoms with Crippen molar-refractivity contribution in [2.75, 3.05) is 13.2 Å². The van der Waals surface area contributed by atoms with Gasteiger partial charge in [0.05, 0.1) is 6.61 Å². The van der Waals surface area contributed by atoms with Crippen molar-refractivity contribution in [1.82, 2.24) is 0 Å². The van der Waals surface area contributed by atoms with Gasteiger partial charge in [-0.05, 0) is 6.42 Å². The second-order valence-corrected chi connectivity index (χ2v) is 4.67. The average molecular weight is 259 g/mol. The molecule has 0 heterocycles. The molecule has 0 aromatic carbocycles. The first-order valence-electron chi connectivity index (χ1n) is 7.17. The third kappa shape index (κ3) is 13.5. The second-order valence-electron chi connectivity index (χ2n) is 4.67. The van der Waals surface area contributed by atoms with Gasteiger partial charge >= 0.3 is 5.97 Å². The SMILES string of the molecule is CCCCCCCCCOCCC(N)OC(C)=O. The summed E-state index contributed by atoms with van der Waals surface area (Å²) in [7, 11) is 0. The Labute approximate surface area is 111 Å². The van der Waals surface area contributed by atoms with Crippen LogP contribution in [0.4, 0.5) is 0 Å². The van der Waals surface area contributed by atoms with E-state index in [2.05, 4.69) is 6.92 Å². The fourth-order valence-corrected chi connectivity index (χ4v) is 1.73. The fourth-order valence-electron chi connectivity index (χ4n) is 1.73. The number of hydrogen-bond acceptors (Lipinski definition) is 4. The monoisotopic (exact) mass is 259 g/mol. The van der Waals surface area contributed by atoms with E-state index in [0.717, 1.165) is 13.0 Å². The predicted molar refractivity (Wildman–Crippen MR) is 73.2 cm³/mol. The van der Waals surface area contributed by atoms with Gasteiger partial charge in [-0.1, -0.05) is 45.4 Å². The quantitative estimate of drug-likeness (QED) is 0.332. The number of carbonyl (C=O) groups is 1. The minimum absolute atomic E-state index is 0.338. The maximum absolute atomic E-state index is 10.6. The molecule has 0 aromatic heterocycles. The number of ether oxygens (including phenoxy) is 2.